The molecule has 1 aliphatic carbocycles. The van der Waals surface area contributed by atoms with Gasteiger partial charge in [0.1, 0.15) is 0 Å². The molecule has 6 nitrogen and oxygen atoms in total. The van der Waals surface area contributed by atoms with Gasteiger partial charge >= 0.3 is 6.03 Å². The van der Waals surface area contributed by atoms with E-state index in [0.29, 0.717) is 23.9 Å². The van der Waals surface area contributed by atoms with Gasteiger partial charge in [-0.2, -0.15) is 0 Å². The summed E-state index contributed by atoms with van der Waals surface area (Å²) in [6, 6.07) is -0.371. The van der Waals surface area contributed by atoms with Crippen LogP contribution in [0.25, 0.3) is 0 Å². The SMILES string of the molecule is CCCNC(=O)NC(=O)CN1CC23CCCCC2(CN(C)C3)C1. The van der Waals surface area contributed by atoms with E-state index in [-0.39, 0.29) is 11.9 Å². The van der Waals surface area contributed by atoms with Crippen molar-refractivity contribution in [3.05, 3.63) is 0 Å². The van der Waals surface area contributed by atoms with E-state index in [4.69, 9.17) is 0 Å². The number of rotatable bonds is 4. The lowest BCUT2D eigenvalue weighted by Gasteiger charge is -2.42. The first-order valence-electron chi connectivity index (χ1n) is 8.97. The second kappa shape index (κ2) is 6.40. The van der Waals surface area contributed by atoms with Gasteiger partial charge < -0.3 is 10.2 Å². The Kier molecular flexibility index (Phi) is 4.65. The summed E-state index contributed by atoms with van der Waals surface area (Å²) in [5, 5.41) is 5.14. The smallest absolute Gasteiger partial charge is 0.321 e. The number of nitrogens with one attached hydrogen (secondary N) is 2. The van der Waals surface area contributed by atoms with E-state index in [1.807, 2.05) is 6.92 Å². The molecule has 23 heavy (non-hydrogen) atoms. The topological polar surface area (TPSA) is 64.7 Å². The maximum atomic E-state index is 12.1. The van der Waals surface area contributed by atoms with Crippen molar-refractivity contribution in [1.82, 2.24) is 20.4 Å². The van der Waals surface area contributed by atoms with Crippen molar-refractivity contribution in [3.63, 3.8) is 0 Å². The van der Waals surface area contributed by atoms with Crippen LogP contribution >= 0.6 is 0 Å². The van der Waals surface area contributed by atoms with Gasteiger partial charge in [-0.3, -0.25) is 15.0 Å². The van der Waals surface area contributed by atoms with Crippen LogP contribution in [0, 0.1) is 10.8 Å². The molecular weight excluding hydrogens is 292 g/mol. The molecule has 2 unspecified atom stereocenters. The summed E-state index contributed by atoms with van der Waals surface area (Å²) in [6.07, 6.45) is 6.06. The highest BCUT2D eigenvalue weighted by Gasteiger charge is 2.62. The highest BCUT2D eigenvalue weighted by Crippen LogP contribution is 2.59. The molecule has 0 aromatic heterocycles. The molecule has 1 saturated carbocycles. The molecular formula is C17H30N4O2. The lowest BCUT2D eigenvalue weighted by Crippen LogP contribution is -2.45. The maximum absolute atomic E-state index is 12.1. The van der Waals surface area contributed by atoms with Crippen molar-refractivity contribution in [1.29, 1.82) is 0 Å². The van der Waals surface area contributed by atoms with E-state index >= 15 is 0 Å². The zero-order valence-electron chi connectivity index (χ0n) is 14.5. The van der Waals surface area contributed by atoms with Crippen LogP contribution in [-0.4, -0.2) is 68.1 Å². The third-order valence-electron chi connectivity index (χ3n) is 6.04. The Morgan fingerprint density at radius 3 is 2.22 bits per heavy atom. The van der Waals surface area contributed by atoms with E-state index in [1.54, 1.807) is 0 Å². The minimum absolute atomic E-state index is 0.184. The number of urea groups is 1. The molecule has 0 bridgehead atoms. The predicted molar refractivity (Wildman–Crippen MR) is 89.1 cm³/mol. The second-order valence-electron chi connectivity index (χ2n) is 7.89. The average Bonchev–Trinajstić information content (AvgIpc) is 2.91. The second-order valence-corrected chi connectivity index (χ2v) is 7.89. The molecule has 0 radical (unpaired) electrons. The van der Waals surface area contributed by atoms with Crippen LogP contribution < -0.4 is 10.6 Å². The van der Waals surface area contributed by atoms with Gasteiger partial charge in [-0.1, -0.05) is 19.8 Å². The van der Waals surface area contributed by atoms with Crippen LogP contribution in [0.4, 0.5) is 4.79 Å². The number of carbonyl (C=O) groups excluding carboxylic acids is 2. The maximum Gasteiger partial charge on any atom is 0.321 e. The monoisotopic (exact) mass is 322 g/mol. The Morgan fingerprint density at radius 2 is 1.65 bits per heavy atom. The van der Waals surface area contributed by atoms with Crippen LogP contribution in [0.2, 0.25) is 0 Å². The molecule has 3 fully saturated rings. The molecule has 2 saturated heterocycles. The van der Waals surface area contributed by atoms with Crippen molar-refractivity contribution in [2.45, 2.75) is 39.0 Å². The average molecular weight is 322 g/mol. The van der Waals surface area contributed by atoms with E-state index in [0.717, 1.165) is 32.6 Å². The van der Waals surface area contributed by atoms with E-state index < -0.39 is 0 Å². The summed E-state index contributed by atoms with van der Waals surface area (Å²) >= 11 is 0. The van der Waals surface area contributed by atoms with Gasteiger partial charge in [0, 0.05) is 43.6 Å². The third-order valence-corrected chi connectivity index (χ3v) is 6.04. The standard InChI is InChI=1S/C17H30N4O2/c1-3-8-18-15(23)19-14(22)9-21-12-16-6-4-5-7-17(16,13-21)11-20(2)10-16/h3-13H2,1-2H3,(H2,18,19,22,23). The fourth-order valence-corrected chi connectivity index (χ4v) is 5.31. The van der Waals surface area contributed by atoms with Crippen LogP contribution in [0.15, 0.2) is 0 Å². The molecule has 2 aliphatic heterocycles. The first kappa shape index (κ1) is 16.7. The Balaban J connectivity index is 1.57. The van der Waals surface area contributed by atoms with Gasteiger partial charge in [0.15, 0.2) is 0 Å². The highest BCUT2D eigenvalue weighted by atomic mass is 16.2. The molecule has 0 spiro atoms. The summed E-state index contributed by atoms with van der Waals surface area (Å²) in [5.41, 5.74) is 0.732. The number of likely N-dealkylation sites (tertiary alicyclic amines) is 2. The molecule has 3 rings (SSSR count). The number of hydrogen-bond donors (Lipinski definition) is 2. The van der Waals surface area contributed by atoms with Gasteiger partial charge in [0.25, 0.3) is 0 Å². The van der Waals surface area contributed by atoms with Crippen molar-refractivity contribution in [2.75, 3.05) is 46.3 Å². The first-order valence-corrected chi connectivity index (χ1v) is 8.97. The van der Waals surface area contributed by atoms with Crippen molar-refractivity contribution in [2.24, 2.45) is 10.8 Å². The highest BCUT2D eigenvalue weighted by molar-refractivity contribution is 5.95. The minimum atomic E-state index is -0.371. The summed E-state index contributed by atoms with van der Waals surface area (Å²) < 4.78 is 0. The summed E-state index contributed by atoms with van der Waals surface area (Å²) in [4.78, 5) is 28.5. The van der Waals surface area contributed by atoms with Gasteiger partial charge in [-0.15, -0.1) is 0 Å². The van der Waals surface area contributed by atoms with Crippen molar-refractivity contribution >= 4 is 11.9 Å². The Morgan fingerprint density at radius 1 is 1.04 bits per heavy atom. The number of imide groups is 1. The van der Waals surface area contributed by atoms with Crippen LogP contribution in [0.1, 0.15) is 39.0 Å². The molecule has 2 heterocycles. The molecule has 6 heteroatoms. The van der Waals surface area contributed by atoms with Gasteiger partial charge in [0.2, 0.25) is 5.91 Å². The van der Waals surface area contributed by atoms with Crippen molar-refractivity contribution in [3.8, 4) is 0 Å². The zero-order chi connectivity index (χ0) is 16.5. The zero-order valence-corrected chi connectivity index (χ0v) is 14.5. The Labute approximate surface area is 139 Å². The van der Waals surface area contributed by atoms with Gasteiger partial charge in [-0.25, -0.2) is 4.79 Å². The molecule has 2 N–H and O–H groups in total. The molecule has 3 aliphatic rings. The van der Waals surface area contributed by atoms with E-state index in [2.05, 4.69) is 27.5 Å². The number of amides is 3. The Bertz CT molecular complexity index is 459. The summed E-state index contributed by atoms with van der Waals surface area (Å²) in [5.74, 6) is -0.184. The Hall–Kier alpha value is -1.14. The quantitative estimate of drug-likeness (QED) is 0.811. The lowest BCUT2D eigenvalue weighted by atomic mass is 9.60. The van der Waals surface area contributed by atoms with Crippen LogP contribution in [0.5, 0.6) is 0 Å². The van der Waals surface area contributed by atoms with Crippen molar-refractivity contribution < 1.29 is 9.59 Å². The van der Waals surface area contributed by atoms with E-state index in [1.165, 1.54) is 25.7 Å². The van der Waals surface area contributed by atoms with Crippen LogP contribution in [0.3, 0.4) is 0 Å². The fourth-order valence-electron chi connectivity index (χ4n) is 5.31. The predicted octanol–water partition coefficient (Wildman–Crippen LogP) is 1.03. The van der Waals surface area contributed by atoms with Crippen LogP contribution in [-0.2, 0) is 4.79 Å². The first-order chi connectivity index (χ1) is 11.0. The third kappa shape index (κ3) is 3.11. The summed E-state index contributed by atoms with van der Waals surface area (Å²) in [7, 11) is 2.22. The molecule has 3 amide bonds. The molecule has 0 aromatic rings. The number of carbonyl (C=O) groups is 2. The summed E-state index contributed by atoms with van der Waals surface area (Å²) in [6.45, 7) is 7.24. The fraction of sp³-hybridized carbons (Fsp3) is 0.882. The van der Waals surface area contributed by atoms with Gasteiger partial charge in [0.05, 0.1) is 6.54 Å². The number of nitrogens with zero attached hydrogens (tertiary/aromatic N) is 2. The van der Waals surface area contributed by atoms with E-state index in [9.17, 15) is 9.59 Å². The molecule has 130 valence electrons. The molecule has 2 atom stereocenters. The molecule has 0 aromatic carbocycles. The largest absolute Gasteiger partial charge is 0.338 e. The van der Waals surface area contributed by atoms with Gasteiger partial charge in [-0.05, 0) is 26.3 Å². The lowest BCUT2D eigenvalue weighted by molar-refractivity contribution is -0.121. The number of hydrogen-bond acceptors (Lipinski definition) is 4. The minimum Gasteiger partial charge on any atom is -0.338 e. The normalized spacial score (nSPS) is 34.0.